The highest BCUT2D eigenvalue weighted by Crippen LogP contribution is 2.45. The number of rotatable bonds is 3. The molecular weight excluding hydrogens is 466 g/mol. The summed E-state index contributed by atoms with van der Waals surface area (Å²) in [6.45, 7) is 2.15. The van der Waals surface area contributed by atoms with Gasteiger partial charge in [-0.1, -0.05) is 78.9 Å². The number of fused-ring (bicyclic) bond motifs is 8. The number of aryl methyl sites for hydroxylation is 1. The Hall–Kier alpha value is -5.02. The summed E-state index contributed by atoms with van der Waals surface area (Å²) in [5.41, 5.74) is 7.90. The van der Waals surface area contributed by atoms with E-state index in [1.54, 1.807) is 0 Å². The van der Waals surface area contributed by atoms with Crippen LogP contribution in [0.3, 0.4) is 0 Å². The van der Waals surface area contributed by atoms with Crippen molar-refractivity contribution in [2.75, 3.05) is 4.90 Å². The minimum Gasteiger partial charge on any atom is -0.456 e. The van der Waals surface area contributed by atoms with Gasteiger partial charge in [0.15, 0.2) is 5.58 Å². The fourth-order valence-corrected chi connectivity index (χ4v) is 5.80. The van der Waals surface area contributed by atoms with Crippen LogP contribution in [0.1, 0.15) is 5.56 Å². The highest BCUT2D eigenvalue weighted by atomic mass is 16.3. The maximum Gasteiger partial charge on any atom is 0.159 e. The molecule has 180 valence electrons. The van der Waals surface area contributed by atoms with Crippen molar-refractivity contribution in [2.45, 2.75) is 6.92 Å². The van der Waals surface area contributed by atoms with Gasteiger partial charge in [-0.25, -0.2) is 0 Å². The molecule has 2 heterocycles. The van der Waals surface area contributed by atoms with E-state index < -0.39 is 0 Å². The largest absolute Gasteiger partial charge is 0.456 e. The second kappa shape index (κ2) is 7.99. The molecule has 0 aliphatic rings. The second-order valence-corrected chi connectivity index (χ2v) is 9.82. The SMILES string of the molecule is Cc1ccccc1N(c1ccc2oc3ccc4ccccc4c3c2c1)c1cccc2c1oc1ccccc12. The van der Waals surface area contributed by atoms with Gasteiger partial charge in [-0.05, 0) is 65.7 Å². The van der Waals surface area contributed by atoms with E-state index in [0.717, 1.165) is 60.9 Å². The normalized spacial score (nSPS) is 11.8. The first-order valence-corrected chi connectivity index (χ1v) is 12.9. The fraction of sp³-hybridized carbons (Fsp3) is 0.0286. The number of nitrogens with zero attached hydrogens (tertiary/aromatic N) is 1. The average Bonchev–Trinajstić information content (AvgIpc) is 3.53. The van der Waals surface area contributed by atoms with Crippen LogP contribution in [-0.4, -0.2) is 0 Å². The van der Waals surface area contributed by atoms with E-state index in [9.17, 15) is 0 Å². The number of anilines is 3. The number of hydrogen-bond acceptors (Lipinski definition) is 3. The second-order valence-electron chi connectivity index (χ2n) is 9.82. The zero-order valence-corrected chi connectivity index (χ0v) is 20.8. The molecule has 0 aliphatic heterocycles. The lowest BCUT2D eigenvalue weighted by Crippen LogP contribution is -2.11. The molecule has 0 bridgehead atoms. The molecule has 0 N–H and O–H groups in total. The van der Waals surface area contributed by atoms with Gasteiger partial charge in [0.1, 0.15) is 16.7 Å². The third kappa shape index (κ3) is 3.02. The van der Waals surface area contributed by atoms with Gasteiger partial charge in [0.05, 0.1) is 5.69 Å². The Balaban J connectivity index is 1.45. The van der Waals surface area contributed by atoms with Crippen molar-refractivity contribution < 1.29 is 8.83 Å². The lowest BCUT2D eigenvalue weighted by atomic mass is 10.0. The van der Waals surface area contributed by atoms with Crippen LogP contribution in [0, 0.1) is 6.92 Å². The third-order valence-corrected chi connectivity index (χ3v) is 7.58. The van der Waals surface area contributed by atoms with Crippen LogP contribution in [0.2, 0.25) is 0 Å². The Morgan fingerprint density at radius 3 is 2.13 bits per heavy atom. The predicted octanol–water partition coefficient (Wildman–Crippen LogP) is 10.4. The summed E-state index contributed by atoms with van der Waals surface area (Å²) >= 11 is 0. The Morgan fingerprint density at radius 1 is 0.500 bits per heavy atom. The van der Waals surface area contributed by atoms with Crippen LogP contribution in [0.15, 0.2) is 130 Å². The maximum atomic E-state index is 6.49. The van der Waals surface area contributed by atoms with Crippen LogP contribution in [-0.2, 0) is 0 Å². The van der Waals surface area contributed by atoms with Crippen molar-refractivity contribution >= 4 is 71.7 Å². The molecule has 0 radical (unpaired) electrons. The summed E-state index contributed by atoms with van der Waals surface area (Å²) in [5, 5.41) is 6.88. The first-order chi connectivity index (χ1) is 18.8. The standard InChI is InChI=1S/C35H23NO2/c1-22-9-2-6-14-29(22)36(30-15-8-13-27-26-12-5-7-16-31(26)38-35(27)30)24-18-20-32-28(21-24)34-25-11-4-3-10-23(25)17-19-33(34)37-32/h2-21H,1H3. The number of furan rings is 2. The summed E-state index contributed by atoms with van der Waals surface area (Å²) in [4.78, 5) is 2.31. The number of benzene rings is 6. The van der Waals surface area contributed by atoms with Crippen LogP contribution in [0.25, 0.3) is 54.6 Å². The molecule has 0 atom stereocenters. The van der Waals surface area contributed by atoms with Crippen molar-refractivity contribution in [3.8, 4) is 0 Å². The van der Waals surface area contributed by atoms with Crippen molar-refractivity contribution in [1.29, 1.82) is 0 Å². The van der Waals surface area contributed by atoms with E-state index >= 15 is 0 Å². The zero-order chi connectivity index (χ0) is 25.2. The molecule has 3 nitrogen and oxygen atoms in total. The Bertz CT molecular complexity index is 2160. The van der Waals surface area contributed by atoms with Crippen molar-refractivity contribution in [2.24, 2.45) is 0 Å². The smallest absolute Gasteiger partial charge is 0.159 e. The van der Waals surface area contributed by atoms with E-state index in [0.29, 0.717) is 0 Å². The highest BCUT2D eigenvalue weighted by Gasteiger charge is 2.21. The minimum atomic E-state index is 0.875. The maximum absolute atomic E-state index is 6.49. The van der Waals surface area contributed by atoms with Gasteiger partial charge in [-0.15, -0.1) is 0 Å². The Morgan fingerprint density at radius 2 is 1.21 bits per heavy atom. The van der Waals surface area contributed by atoms with Gasteiger partial charge in [0, 0.05) is 32.9 Å². The number of para-hydroxylation sites is 3. The Labute approximate surface area is 219 Å². The molecule has 38 heavy (non-hydrogen) atoms. The summed E-state index contributed by atoms with van der Waals surface area (Å²) in [7, 11) is 0. The molecule has 6 aromatic carbocycles. The van der Waals surface area contributed by atoms with Gasteiger partial charge < -0.3 is 13.7 Å². The van der Waals surface area contributed by atoms with Crippen LogP contribution in [0.4, 0.5) is 17.1 Å². The highest BCUT2D eigenvalue weighted by molar-refractivity contribution is 6.19. The molecule has 0 saturated carbocycles. The molecule has 0 aliphatic carbocycles. The molecule has 8 aromatic rings. The molecule has 0 fully saturated rings. The molecule has 0 spiro atoms. The summed E-state index contributed by atoms with van der Waals surface area (Å²) < 4.78 is 12.8. The molecule has 0 unspecified atom stereocenters. The predicted molar refractivity (Wildman–Crippen MR) is 158 cm³/mol. The van der Waals surface area contributed by atoms with Crippen LogP contribution in [0.5, 0.6) is 0 Å². The molecule has 0 amide bonds. The van der Waals surface area contributed by atoms with Gasteiger partial charge in [-0.3, -0.25) is 0 Å². The van der Waals surface area contributed by atoms with Crippen LogP contribution >= 0.6 is 0 Å². The van der Waals surface area contributed by atoms with Crippen LogP contribution < -0.4 is 4.90 Å². The third-order valence-electron chi connectivity index (χ3n) is 7.58. The molecule has 0 saturated heterocycles. The van der Waals surface area contributed by atoms with E-state index in [4.69, 9.17) is 8.83 Å². The van der Waals surface area contributed by atoms with Crippen molar-refractivity contribution in [3.63, 3.8) is 0 Å². The summed E-state index contributed by atoms with van der Waals surface area (Å²) in [6, 6.07) is 42.3. The lowest BCUT2D eigenvalue weighted by Gasteiger charge is -2.27. The first kappa shape index (κ1) is 21.1. The fourth-order valence-electron chi connectivity index (χ4n) is 5.80. The van der Waals surface area contributed by atoms with Gasteiger partial charge >= 0.3 is 0 Å². The van der Waals surface area contributed by atoms with Gasteiger partial charge in [0.2, 0.25) is 0 Å². The molecule has 2 aromatic heterocycles. The van der Waals surface area contributed by atoms with Crippen molar-refractivity contribution in [3.05, 3.63) is 127 Å². The van der Waals surface area contributed by atoms with Gasteiger partial charge in [-0.2, -0.15) is 0 Å². The summed E-state index contributed by atoms with van der Waals surface area (Å²) in [5.74, 6) is 0. The van der Waals surface area contributed by atoms with E-state index in [1.807, 2.05) is 12.1 Å². The molecular formula is C35H23NO2. The Kier molecular flexibility index (Phi) is 4.44. The first-order valence-electron chi connectivity index (χ1n) is 12.9. The average molecular weight is 490 g/mol. The monoisotopic (exact) mass is 489 g/mol. The van der Waals surface area contributed by atoms with E-state index in [-0.39, 0.29) is 0 Å². The van der Waals surface area contributed by atoms with Crippen molar-refractivity contribution in [1.82, 2.24) is 0 Å². The lowest BCUT2D eigenvalue weighted by molar-refractivity contribution is 0.669. The quantitative estimate of drug-likeness (QED) is 0.247. The van der Waals surface area contributed by atoms with E-state index in [2.05, 4.69) is 121 Å². The number of hydrogen-bond donors (Lipinski definition) is 0. The topological polar surface area (TPSA) is 29.5 Å². The molecule has 3 heteroatoms. The summed E-state index contributed by atoms with van der Waals surface area (Å²) in [6.07, 6.45) is 0. The van der Waals surface area contributed by atoms with Gasteiger partial charge in [0.25, 0.3) is 0 Å². The minimum absolute atomic E-state index is 0.875. The van der Waals surface area contributed by atoms with E-state index in [1.165, 1.54) is 16.3 Å². The molecule has 8 rings (SSSR count). The zero-order valence-electron chi connectivity index (χ0n) is 20.8.